The molecule has 1 N–H and O–H groups in total. The van der Waals surface area contributed by atoms with Crippen molar-refractivity contribution in [1.82, 2.24) is 0 Å². The molecule has 0 fully saturated rings. The zero-order chi connectivity index (χ0) is 28.2. The third kappa shape index (κ3) is 10.7. The third-order valence-corrected chi connectivity index (χ3v) is 5.85. The molecule has 1 rings (SSSR count). The molecule has 0 spiro atoms. The maximum Gasteiger partial charge on any atom is 0.286 e. The van der Waals surface area contributed by atoms with Crippen LogP contribution in [0.3, 0.4) is 0 Å². The lowest BCUT2D eigenvalue weighted by atomic mass is 9.92. The van der Waals surface area contributed by atoms with Crippen LogP contribution >= 0.6 is 0 Å². The zero-order valence-electron chi connectivity index (χ0n) is 23.5. The fourth-order valence-electron chi connectivity index (χ4n) is 4.35. The maximum absolute atomic E-state index is 14.1. The lowest BCUT2D eigenvalue weighted by Gasteiger charge is -2.43. The van der Waals surface area contributed by atoms with Gasteiger partial charge in [-0.1, -0.05) is 45.4 Å². The average molecular weight is 540 g/mol. The molecule has 4 nitrogen and oxygen atoms in total. The van der Waals surface area contributed by atoms with E-state index in [1.54, 1.807) is 0 Å². The van der Waals surface area contributed by atoms with Crippen molar-refractivity contribution in [2.75, 3.05) is 11.9 Å². The van der Waals surface area contributed by atoms with Crippen LogP contribution in [0.5, 0.6) is 0 Å². The first-order valence-corrected chi connectivity index (χ1v) is 13.6. The van der Waals surface area contributed by atoms with Crippen LogP contribution in [0, 0.1) is 35.0 Å². The molecular weight excluding hydrogens is 493 g/mol. The van der Waals surface area contributed by atoms with Crippen molar-refractivity contribution in [2.45, 2.75) is 131 Å². The molecule has 0 bridgehead atoms. The largest absolute Gasteiger partial charge is 0.380 e. The standard InChI is InChI=1S/C28H46F5NO3/c1-8-9-10-11-12-13-15-21(28(35-18(2)3,36-19(4)5)37-20(6)7)16-14-17-34-27-25(32)23(30)22(29)24(31)26(27)33/h18-21,34H,8-17H2,1-7H3. The summed E-state index contributed by atoms with van der Waals surface area (Å²) in [7, 11) is 0. The first-order chi connectivity index (χ1) is 17.4. The van der Waals surface area contributed by atoms with Crippen LogP contribution < -0.4 is 5.32 Å². The highest BCUT2D eigenvalue weighted by molar-refractivity contribution is 5.47. The Labute approximate surface area is 219 Å². The van der Waals surface area contributed by atoms with Crippen LogP contribution in [0.15, 0.2) is 0 Å². The minimum absolute atomic E-state index is 0.00747. The third-order valence-electron chi connectivity index (χ3n) is 5.85. The summed E-state index contributed by atoms with van der Waals surface area (Å²) in [5.41, 5.74) is -1.02. The molecule has 0 aromatic heterocycles. The lowest BCUT2D eigenvalue weighted by molar-refractivity contribution is -0.433. The van der Waals surface area contributed by atoms with Crippen LogP contribution in [0.1, 0.15) is 106 Å². The van der Waals surface area contributed by atoms with E-state index in [4.69, 9.17) is 14.2 Å². The molecule has 0 heterocycles. The molecule has 0 aliphatic heterocycles. The minimum Gasteiger partial charge on any atom is -0.380 e. The molecule has 0 saturated heterocycles. The van der Waals surface area contributed by atoms with Gasteiger partial charge < -0.3 is 19.5 Å². The Hall–Kier alpha value is -1.45. The number of benzene rings is 1. The lowest BCUT2D eigenvalue weighted by Crippen LogP contribution is -2.51. The van der Waals surface area contributed by atoms with E-state index in [0.717, 1.165) is 32.1 Å². The van der Waals surface area contributed by atoms with Gasteiger partial charge in [0.15, 0.2) is 23.3 Å². The highest BCUT2D eigenvalue weighted by Crippen LogP contribution is 2.37. The van der Waals surface area contributed by atoms with Crippen molar-refractivity contribution in [2.24, 2.45) is 5.92 Å². The Morgan fingerprint density at radius 2 is 1.00 bits per heavy atom. The van der Waals surface area contributed by atoms with E-state index in [0.29, 0.717) is 12.8 Å². The summed E-state index contributed by atoms with van der Waals surface area (Å²) in [6.07, 6.45) is 7.61. The van der Waals surface area contributed by atoms with Gasteiger partial charge in [-0.3, -0.25) is 0 Å². The van der Waals surface area contributed by atoms with Gasteiger partial charge in [0.1, 0.15) is 5.69 Å². The fourth-order valence-corrected chi connectivity index (χ4v) is 4.35. The first kappa shape index (κ1) is 33.6. The predicted molar refractivity (Wildman–Crippen MR) is 137 cm³/mol. The van der Waals surface area contributed by atoms with Gasteiger partial charge in [-0.15, -0.1) is 0 Å². The Kier molecular flexibility index (Phi) is 15.0. The summed E-state index contributed by atoms with van der Waals surface area (Å²) >= 11 is 0. The molecule has 1 unspecified atom stereocenters. The summed E-state index contributed by atoms with van der Waals surface area (Å²) in [4.78, 5) is 0. The summed E-state index contributed by atoms with van der Waals surface area (Å²) in [6, 6.07) is 0. The van der Waals surface area contributed by atoms with Gasteiger partial charge in [-0.05, 0) is 60.8 Å². The molecule has 1 aromatic carbocycles. The second kappa shape index (κ2) is 16.5. The quantitative estimate of drug-likeness (QED) is 0.0627. The maximum atomic E-state index is 14.1. The number of ether oxygens (including phenoxy) is 3. The number of anilines is 1. The molecule has 9 heteroatoms. The van der Waals surface area contributed by atoms with E-state index in [-0.39, 0.29) is 30.8 Å². The number of hydrogen-bond donors (Lipinski definition) is 1. The monoisotopic (exact) mass is 539 g/mol. The van der Waals surface area contributed by atoms with Crippen LogP contribution in [0.4, 0.5) is 27.6 Å². The van der Waals surface area contributed by atoms with Crippen LogP contribution in [-0.2, 0) is 14.2 Å². The van der Waals surface area contributed by atoms with Crippen LogP contribution in [0.25, 0.3) is 0 Å². The molecule has 37 heavy (non-hydrogen) atoms. The minimum atomic E-state index is -2.17. The molecule has 216 valence electrons. The normalized spacial score (nSPS) is 13.3. The van der Waals surface area contributed by atoms with Crippen molar-refractivity contribution in [3.8, 4) is 0 Å². The van der Waals surface area contributed by atoms with Gasteiger partial charge in [-0.2, -0.15) is 0 Å². The van der Waals surface area contributed by atoms with Crippen molar-refractivity contribution in [1.29, 1.82) is 0 Å². The number of unbranched alkanes of at least 4 members (excludes halogenated alkanes) is 5. The molecule has 0 radical (unpaired) electrons. The Morgan fingerprint density at radius 1 is 0.595 bits per heavy atom. The second-order valence-corrected chi connectivity index (χ2v) is 10.4. The highest BCUT2D eigenvalue weighted by atomic mass is 19.2. The van der Waals surface area contributed by atoms with E-state index < -0.39 is 40.7 Å². The van der Waals surface area contributed by atoms with E-state index in [1.807, 2.05) is 41.5 Å². The van der Waals surface area contributed by atoms with Gasteiger partial charge in [0, 0.05) is 12.5 Å². The van der Waals surface area contributed by atoms with Gasteiger partial charge >= 0.3 is 0 Å². The molecule has 0 aliphatic carbocycles. The van der Waals surface area contributed by atoms with Crippen molar-refractivity contribution < 1.29 is 36.2 Å². The zero-order valence-corrected chi connectivity index (χ0v) is 23.5. The Balaban J connectivity index is 3.08. The van der Waals surface area contributed by atoms with E-state index in [2.05, 4.69) is 12.2 Å². The van der Waals surface area contributed by atoms with E-state index in [9.17, 15) is 22.0 Å². The highest BCUT2D eigenvalue weighted by Gasteiger charge is 2.44. The molecule has 0 amide bonds. The van der Waals surface area contributed by atoms with Crippen molar-refractivity contribution in [3.05, 3.63) is 29.1 Å². The number of nitrogens with one attached hydrogen (secondary N) is 1. The van der Waals surface area contributed by atoms with Gasteiger partial charge in [-0.25, -0.2) is 22.0 Å². The Bertz CT molecular complexity index is 749. The second-order valence-electron chi connectivity index (χ2n) is 10.4. The summed E-state index contributed by atoms with van der Waals surface area (Å²) in [5.74, 6) is -11.4. The van der Waals surface area contributed by atoms with Crippen molar-refractivity contribution in [3.63, 3.8) is 0 Å². The van der Waals surface area contributed by atoms with E-state index in [1.165, 1.54) is 12.8 Å². The number of hydrogen-bond acceptors (Lipinski definition) is 4. The van der Waals surface area contributed by atoms with E-state index >= 15 is 0 Å². The fraction of sp³-hybridized carbons (Fsp3) is 0.786. The summed E-state index contributed by atoms with van der Waals surface area (Å²) in [6.45, 7) is 13.5. The number of rotatable bonds is 19. The average Bonchev–Trinajstić information content (AvgIpc) is 2.80. The van der Waals surface area contributed by atoms with Crippen molar-refractivity contribution >= 4 is 5.69 Å². The molecule has 0 saturated carbocycles. The van der Waals surface area contributed by atoms with Crippen LogP contribution in [-0.4, -0.2) is 30.8 Å². The molecular formula is C28H46F5NO3. The predicted octanol–water partition coefficient (Wildman–Crippen LogP) is 8.87. The molecule has 1 atom stereocenters. The first-order valence-electron chi connectivity index (χ1n) is 13.6. The Morgan fingerprint density at radius 3 is 1.46 bits per heavy atom. The van der Waals surface area contributed by atoms with Gasteiger partial charge in [0.05, 0.1) is 18.3 Å². The number of halogens is 5. The molecule has 1 aromatic rings. The van der Waals surface area contributed by atoms with Gasteiger partial charge in [0.25, 0.3) is 5.97 Å². The van der Waals surface area contributed by atoms with Gasteiger partial charge in [0.2, 0.25) is 5.82 Å². The molecule has 0 aliphatic rings. The SMILES string of the molecule is CCCCCCCCC(CCCNc1c(F)c(F)c(F)c(F)c1F)C(OC(C)C)(OC(C)C)OC(C)C. The topological polar surface area (TPSA) is 39.7 Å². The smallest absolute Gasteiger partial charge is 0.286 e. The summed E-state index contributed by atoms with van der Waals surface area (Å²) < 4.78 is 87.5. The summed E-state index contributed by atoms with van der Waals surface area (Å²) in [5, 5.41) is 2.39. The van der Waals surface area contributed by atoms with Crippen LogP contribution in [0.2, 0.25) is 0 Å².